The summed E-state index contributed by atoms with van der Waals surface area (Å²) in [7, 11) is 1.82. The summed E-state index contributed by atoms with van der Waals surface area (Å²) in [6.45, 7) is 4.64. The van der Waals surface area contributed by atoms with E-state index >= 15 is 0 Å². The van der Waals surface area contributed by atoms with Gasteiger partial charge in [0.15, 0.2) is 0 Å². The molecule has 0 saturated carbocycles. The summed E-state index contributed by atoms with van der Waals surface area (Å²) in [6, 6.07) is 4.41. The molecule has 1 N–H and O–H groups in total. The van der Waals surface area contributed by atoms with E-state index < -0.39 is 0 Å². The predicted octanol–water partition coefficient (Wildman–Crippen LogP) is 1.80. The first kappa shape index (κ1) is 14.4. The van der Waals surface area contributed by atoms with Crippen molar-refractivity contribution in [2.75, 3.05) is 26.9 Å². The zero-order chi connectivity index (χ0) is 13.6. The van der Waals surface area contributed by atoms with Crippen LogP contribution in [0.2, 0.25) is 0 Å². The van der Waals surface area contributed by atoms with Gasteiger partial charge in [0.1, 0.15) is 0 Å². The highest BCUT2D eigenvalue weighted by Crippen LogP contribution is 2.30. The van der Waals surface area contributed by atoms with E-state index in [0.717, 1.165) is 39.0 Å². The van der Waals surface area contributed by atoms with Gasteiger partial charge in [0, 0.05) is 51.6 Å². The minimum Gasteiger partial charge on any atom is -0.381 e. The summed E-state index contributed by atoms with van der Waals surface area (Å²) in [6.07, 6.45) is 6.58. The molecule has 1 unspecified atom stereocenters. The van der Waals surface area contributed by atoms with Crippen LogP contribution in [0.25, 0.3) is 0 Å². The fourth-order valence-corrected chi connectivity index (χ4v) is 2.86. The van der Waals surface area contributed by atoms with Gasteiger partial charge in [-0.3, -0.25) is 4.98 Å². The number of hydrogen-bond donors (Lipinski definition) is 1. The standard InChI is InChI=1S/C15H24N2O2/c1-3-17-14(11-13-5-4-8-16-12-13)15(18-2)6-9-19-10-7-15/h4-5,8,12,14,17H,3,6-7,9-11H2,1-2H3. The van der Waals surface area contributed by atoms with Crippen molar-refractivity contribution in [2.24, 2.45) is 0 Å². The van der Waals surface area contributed by atoms with Crippen LogP contribution in [-0.4, -0.2) is 43.5 Å². The monoisotopic (exact) mass is 264 g/mol. The second kappa shape index (κ2) is 6.98. The van der Waals surface area contributed by atoms with Crippen LogP contribution in [0.15, 0.2) is 24.5 Å². The third kappa shape index (κ3) is 3.53. The molecule has 1 aromatic heterocycles. The number of likely N-dealkylation sites (N-methyl/N-ethyl adjacent to an activating group) is 1. The van der Waals surface area contributed by atoms with Crippen molar-refractivity contribution in [2.45, 2.75) is 37.8 Å². The van der Waals surface area contributed by atoms with Crippen molar-refractivity contribution in [3.05, 3.63) is 30.1 Å². The highest BCUT2D eigenvalue weighted by Gasteiger charge is 2.40. The van der Waals surface area contributed by atoms with Gasteiger partial charge < -0.3 is 14.8 Å². The average molecular weight is 264 g/mol. The first-order valence-electron chi connectivity index (χ1n) is 7.06. The minimum absolute atomic E-state index is 0.121. The molecule has 0 aliphatic carbocycles. The van der Waals surface area contributed by atoms with Gasteiger partial charge in [-0.25, -0.2) is 0 Å². The summed E-state index contributed by atoms with van der Waals surface area (Å²) in [5.74, 6) is 0. The van der Waals surface area contributed by atoms with E-state index in [1.807, 2.05) is 25.6 Å². The number of ether oxygens (including phenoxy) is 2. The molecule has 2 heterocycles. The van der Waals surface area contributed by atoms with Crippen LogP contribution < -0.4 is 5.32 Å². The third-order valence-corrected chi connectivity index (χ3v) is 3.99. The Hall–Kier alpha value is -0.970. The van der Waals surface area contributed by atoms with Gasteiger partial charge in [0.25, 0.3) is 0 Å². The number of rotatable bonds is 6. The second-order valence-corrected chi connectivity index (χ2v) is 5.06. The van der Waals surface area contributed by atoms with E-state index in [9.17, 15) is 0 Å². The molecule has 1 atom stereocenters. The molecule has 1 saturated heterocycles. The fourth-order valence-electron chi connectivity index (χ4n) is 2.86. The van der Waals surface area contributed by atoms with Crippen LogP contribution >= 0.6 is 0 Å². The Bertz CT molecular complexity index is 364. The number of nitrogens with one attached hydrogen (secondary N) is 1. The van der Waals surface area contributed by atoms with E-state index in [1.165, 1.54) is 5.56 Å². The highest BCUT2D eigenvalue weighted by molar-refractivity contribution is 5.13. The molecular weight excluding hydrogens is 240 g/mol. The molecule has 1 fully saturated rings. The SMILES string of the molecule is CCNC(Cc1cccnc1)C1(OC)CCOCC1. The summed E-state index contributed by atoms with van der Waals surface area (Å²) in [5.41, 5.74) is 1.13. The molecule has 106 valence electrons. The Labute approximate surface area is 115 Å². The van der Waals surface area contributed by atoms with E-state index in [4.69, 9.17) is 9.47 Å². The van der Waals surface area contributed by atoms with Crippen molar-refractivity contribution >= 4 is 0 Å². The lowest BCUT2D eigenvalue weighted by molar-refractivity contribution is -0.110. The van der Waals surface area contributed by atoms with Crippen molar-refractivity contribution in [3.63, 3.8) is 0 Å². The van der Waals surface area contributed by atoms with Gasteiger partial charge in [0.2, 0.25) is 0 Å². The van der Waals surface area contributed by atoms with Gasteiger partial charge in [-0.05, 0) is 24.6 Å². The topological polar surface area (TPSA) is 43.4 Å². The van der Waals surface area contributed by atoms with E-state index in [-0.39, 0.29) is 5.60 Å². The average Bonchev–Trinajstić information content (AvgIpc) is 2.48. The van der Waals surface area contributed by atoms with Crippen LogP contribution in [0.4, 0.5) is 0 Å². The predicted molar refractivity (Wildman–Crippen MR) is 75.2 cm³/mol. The normalized spacial score (nSPS) is 20.1. The van der Waals surface area contributed by atoms with Gasteiger partial charge in [-0.1, -0.05) is 13.0 Å². The van der Waals surface area contributed by atoms with Crippen LogP contribution in [0.3, 0.4) is 0 Å². The summed E-state index contributed by atoms with van der Waals surface area (Å²) < 4.78 is 11.4. The van der Waals surface area contributed by atoms with E-state index in [0.29, 0.717) is 6.04 Å². The Kier molecular flexibility index (Phi) is 5.31. The molecule has 1 aliphatic heterocycles. The molecule has 1 aliphatic rings. The van der Waals surface area contributed by atoms with Crippen molar-refractivity contribution < 1.29 is 9.47 Å². The van der Waals surface area contributed by atoms with Crippen LogP contribution in [0.1, 0.15) is 25.3 Å². The highest BCUT2D eigenvalue weighted by atomic mass is 16.5. The lowest BCUT2D eigenvalue weighted by Crippen LogP contribution is -2.56. The molecule has 0 aromatic carbocycles. The van der Waals surface area contributed by atoms with Crippen LogP contribution in [-0.2, 0) is 15.9 Å². The Morgan fingerprint density at radius 1 is 1.47 bits per heavy atom. The Balaban J connectivity index is 2.13. The van der Waals surface area contributed by atoms with Crippen LogP contribution in [0, 0.1) is 0 Å². The second-order valence-electron chi connectivity index (χ2n) is 5.06. The molecule has 0 bridgehead atoms. The quantitative estimate of drug-likeness (QED) is 0.851. The van der Waals surface area contributed by atoms with Gasteiger partial charge >= 0.3 is 0 Å². The molecule has 1 aromatic rings. The fraction of sp³-hybridized carbons (Fsp3) is 0.667. The van der Waals surface area contributed by atoms with Crippen molar-refractivity contribution in [1.29, 1.82) is 0 Å². The maximum atomic E-state index is 5.90. The number of pyridine rings is 1. The number of aromatic nitrogens is 1. The smallest absolute Gasteiger partial charge is 0.0877 e. The van der Waals surface area contributed by atoms with Gasteiger partial charge in [-0.2, -0.15) is 0 Å². The molecule has 0 radical (unpaired) electrons. The molecular formula is C15H24N2O2. The first-order chi connectivity index (χ1) is 9.30. The zero-order valence-corrected chi connectivity index (χ0v) is 11.9. The first-order valence-corrected chi connectivity index (χ1v) is 7.06. The summed E-state index contributed by atoms with van der Waals surface area (Å²) in [5, 5.41) is 3.58. The lowest BCUT2D eigenvalue weighted by atomic mass is 9.82. The molecule has 19 heavy (non-hydrogen) atoms. The molecule has 4 heteroatoms. The van der Waals surface area contributed by atoms with E-state index in [2.05, 4.69) is 23.3 Å². The number of nitrogens with zero attached hydrogens (tertiary/aromatic N) is 1. The minimum atomic E-state index is -0.121. The van der Waals surface area contributed by atoms with Gasteiger partial charge in [-0.15, -0.1) is 0 Å². The number of hydrogen-bond acceptors (Lipinski definition) is 4. The largest absolute Gasteiger partial charge is 0.381 e. The van der Waals surface area contributed by atoms with Gasteiger partial charge in [0.05, 0.1) is 5.60 Å². The lowest BCUT2D eigenvalue weighted by Gasteiger charge is -2.42. The molecule has 0 amide bonds. The molecule has 0 spiro atoms. The molecule has 2 rings (SSSR count). The molecule has 4 nitrogen and oxygen atoms in total. The Morgan fingerprint density at radius 2 is 2.26 bits per heavy atom. The summed E-state index contributed by atoms with van der Waals surface area (Å²) in [4.78, 5) is 4.20. The third-order valence-electron chi connectivity index (χ3n) is 3.99. The Morgan fingerprint density at radius 3 is 2.84 bits per heavy atom. The summed E-state index contributed by atoms with van der Waals surface area (Å²) >= 11 is 0. The maximum Gasteiger partial charge on any atom is 0.0877 e. The number of methoxy groups -OCH3 is 1. The van der Waals surface area contributed by atoms with Crippen molar-refractivity contribution in [1.82, 2.24) is 10.3 Å². The maximum absolute atomic E-state index is 5.90. The van der Waals surface area contributed by atoms with E-state index in [1.54, 1.807) is 0 Å². The van der Waals surface area contributed by atoms with Crippen LogP contribution in [0.5, 0.6) is 0 Å². The zero-order valence-electron chi connectivity index (χ0n) is 11.9. The van der Waals surface area contributed by atoms with Crippen molar-refractivity contribution in [3.8, 4) is 0 Å².